The third-order valence-electron chi connectivity index (χ3n) is 3.18. The van der Waals surface area contributed by atoms with Crippen molar-refractivity contribution in [3.63, 3.8) is 0 Å². The van der Waals surface area contributed by atoms with E-state index < -0.39 is 0 Å². The van der Waals surface area contributed by atoms with E-state index in [0.29, 0.717) is 6.42 Å². The Balaban J connectivity index is 2.42. The van der Waals surface area contributed by atoms with Gasteiger partial charge in [-0.15, -0.1) is 11.3 Å². The Kier molecular flexibility index (Phi) is 5.40. The number of hydrogen-bond acceptors (Lipinski definition) is 4. The second-order valence-corrected chi connectivity index (χ2v) is 5.92. The minimum absolute atomic E-state index is 0.139. The van der Waals surface area contributed by atoms with Gasteiger partial charge in [0, 0.05) is 41.6 Å². The summed E-state index contributed by atoms with van der Waals surface area (Å²) in [6.45, 7) is 6.25. The van der Waals surface area contributed by atoms with Crippen LogP contribution < -0.4 is 4.90 Å². The summed E-state index contributed by atoms with van der Waals surface area (Å²) in [5.74, 6) is 0. The normalized spacial score (nSPS) is 10.8. The summed E-state index contributed by atoms with van der Waals surface area (Å²) in [5, 5.41) is 11.0. The first-order valence-electron chi connectivity index (χ1n) is 6.81. The smallest absolute Gasteiger partial charge is 0.186 e. The van der Waals surface area contributed by atoms with Crippen molar-refractivity contribution in [1.29, 1.82) is 0 Å². The van der Waals surface area contributed by atoms with Gasteiger partial charge >= 0.3 is 0 Å². The number of aromatic nitrogens is 1. The Bertz CT molecular complexity index is 550. The number of thiazole rings is 1. The third kappa shape index (κ3) is 3.32. The number of nitrogens with zero attached hydrogens (tertiary/aromatic N) is 2. The first-order valence-corrected chi connectivity index (χ1v) is 8.00. The number of hydrogen-bond donors (Lipinski definition) is 1. The van der Waals surface area contributed by atoms with Gasteiger partial charge in [0.25, 0.3) is 0 Å². The molecule has 1 N–H and O–H groups in total. The van der Waals surface area contributed by atoms with Crippen LogP contribution in [0, 0.1) is 0 Å². The molecular formula is C15H19ClN2OS. The first-order chi connectivity index (χ1) is 9.69. The monoisotopic (exact) mass is 310 g/mol. The van der Waals surface area contributed by atoms with Crippen molar-refractivity contribution in [3.8, 4) is 11.3 Å². The summed E-state index contributed by atoms with van der Waals surface area (Å²) in [6, 6.07) is 7.70. The molecule has 0 aliphatic heterocycles. The molecule has 0 spiro atoms. The van der Waals surface area contributed by atoms with Crippen LogP contribution in [0.2, 0.25) is 5.02 Å². The quantitative estimate of drug-likeness (QED) is 0.880. The third-order valence-corrected chi connectivity index (χ3v) is 4.60. The Morgan fingerprint density at radius 3 is 2.40 bits per heavy atom. The molecule has 0 saturated carbocycles. The molecule has 2 aromatic rings. The lowest BCUT2D eigenvalue weighted by molar-refractivity contribution is 0.300. The summed E-state index contributed by atoms with van der Waals surface area (Å²) in [4.78, 5) is 8.11. The molecule has 0 aliphatic rings. The summed E-state index contributed by atoms with van der Waals surface area (Å²) in [7, 11) is 0. The van der Waals surface area contributed by atoms with Crippen molar-refractivity contribution in [3.05, 3.63) is 34.2 Å². The molecule has 2 rings (SSSR count). The minimum atomic E-state index is 0.139. The van der Waals surface area contributed by atoms with E-state index in [-0.39, 0.29) is 6.61 Å². The molecule has 0 radical (unpaired) electrons. The molecule has 1 heterocycles. The highest BCUT2D eigenvalue weighted by Gasteiger charge is 2.15. The zero-order chi connectivity index (χ0) is 14.5. The van der Waals surface area contributed by atoms with Crippen LogP contribution in [0.15, 0.2) is 24.3 Å². The maximum atomic E-state index is 9.24. The summed E-state index contributed by atoms with van der Waals surface area (Å²) in [5.41, 5.74) is 2.01. The number of rotatable bonds is 6. The van der Waals surface area contributed by atoms with Gasteiger partial charge in [-0.25, -0.2) is 4.98 Å². The molecule has 0 aliphatic carbocycles. The van der Waals surface area contributed by atoms with Crippen molar-refractivity contribution in [2.45, 2.75) is 20.3 Å². The lowest BCUT2D eigenvalue weighted by atomic mass is 10.1. The van der Waals surface area contributed by atoms with Gasteiger partial charge in [0.05, 0.1) is 5.69 Å². The fourth-order valence-corrected chi connectivity index (χ4v) is 3.40. The SMILES string of the molecule is CCN(CC)c1nc(-c2ccc(Cl)cc2)c(CCO)s1. The van der Waals surface area contributed by atoms with E-state index in [2.05, 4.69) is 18.7 Å². The van der Waals surface area contributed by atoms with Crippen LogP contribution in [-0.4, -0.2) is 29.8 Å². The number of benzene rings is 1. The van der Waals surface area contributed by atoms with Crippen LogP contribution in [0.3, 0.4) is 0 Å². The van der Waals surface area contributed by atoms with Gasteiger partial charge in [-0.1, -0.05) is 23.7 Å². The molecule has 0 fully saturated rings. The second kappa shape index (κ2) is 7.07. The highest BCUT2D eigenvalue weighted by Crippen LogP contribution is 2.33. The molecule has 20 heavy (non-hydrogen) atoms. The molecule has 0 saturated heterocycles. The van der Waals surface area contributed by atoms with Crippen LogP contribution in [0.5, 0.6) is 0 Å². The zero-order valence-electron chi connectivity index (χ0n) is 11.8. The lowest BCUT2D eigenvalue weighted by Crippen LogP contribution is -2.21. The highest BCUT2D eigenvalue weighted by molar-refractivity contribution is 7.16. The summed E-state index contributed by atoms with van der Waals surface area (Å²) < 4.78 is 0. The van der Waals surface area contributed by atoms with Gasteiger partial charge in [0.2, 0.25) is 0 Å². The van der Waals surface area contributed by atoms with Crippen molar-refractivity contribution >= 4 is 28.1 Å². The molecule has 1 aromatic heterocycles. The van der Waals surface area contributed by atoms with Crippen molar-refractivity contribution in [1.82, 2.24) is 4.98 Å². The zero-order valence-corrected chi connectivity index (χ0v) is 13.3. The van der Waals surface area contributed by atoms with E-state index in [1.807, 2.05) is 24.3 Å². The summed E-state index contributed by atoms with van der Waals surface area (Å²) >= 11 is 7.60. The Hall–Kier alpha value is -1.10. The average molecular weight is 311 g/mol. The van der Waals surface area contributed by atoms with E-state index in [9.17, 15) is 5.11 Å². The number of halogens is 1. The van der Waals surface area contributed by atoms with Crippen LogP contribution in [0.4, 0.5) is 5.13 Å². The molecule has 5 heteroatoms. The minimum Gasteiger partial charge on any atom is -0.396 e. The topological polar surface area (TPSA) is 36.4 Å². The maximum Gasteiger partial charge on any atom is 0.186 e. The lowest BCUT2D eigenvalue weighted by Gasteiger charge is -2.16. The Morgan fingerprint density at radius 1 is 1.20 bits per heavy atom. The van der Waals surface area contributed by atoms with E-state index >= 15 is 0 Å². The fraction of sp³-hybridized carbons (Fsp3) is 0.400. The molecule has 3 nitrogen and oxygen atoms in total. The van der Waals surface area contributed by atoms with Crippen molar-refractivity contribution in [2.75, 3.05) is 24.6 Å². The van der Waals surface area contributed by atoms with E-state index in [1.165, 1.54) is 0 Å². The van der Waals surface area contributed by atoms with Crippen LogP contribution in [-0.2, 0) is 6.42 Å². The predicted octanol–water partition coefficient (Wildman–Crippen LogP) is 3.84. The van der Waals surface area contributed by atoms with Crippen molar-refractivity contribution in [2.24, 2.45) is 0 Å². The summed E-state index contributed by atoms with van der Waals surface area (Å²) in [6.07, 6.45) is 0.636. The van der Waals surface area contributed by atoms with Gasteiger partial charge in [-0.2, -0.15) is 0 Å². The van der Waals surface area contributed by atoms with Crippen LogP contribution >= 0.6 is 22.9 Å². The van der Waals surface area contributed by atoms with Gasteiger partial charge < -0.3 is 10.0 Å². The van der Waals surface area contributed by atoms with Gasteiger partial charge in [0.15, 0.2) is 5.13 Å². The van der Waals surface area contributed by atoms with Crippen LogP contribution in [0.25, 0.3) is 11.3 Å². The molecule has 0 bridgehead atoms. The highest BCUT2D eigenvalue weighted by atomic mass is 35.5. The molecule has 0 amide bonds. The molecular weight excluding hydrogens is 292 g/mol. The maximum absolute atomic E-state index is 9.24. The Labute approximate surface area is 128 Å². The second-order valence-electron chi connectivity index (χ2n) is 4.42. The van der Waals surface area contributed by atoms with E-state index in [1.54, 1.807) is 11.3 Å². The molecule has 0 unspecified atom stereocenters. The molecule has 1 aromatic carbocycles. The largest absolute Gasteiger partial charge is 0.396 e. The predicted molar refractivity (Wildman–Crippen MR) is 86.9 cm³/mol. The molecule has 0 atom stereocenters. The number of anilines is 1. The number of aliphatic hydroxyl groups is 1. The fourth-order valence-electron chi connectivity index (χ4n) is 2.07. The van der Waals surface area contributed by atoms with E-state index in [0.717, 1.165) is 39.4 Å². The standard InChI is InChI=1S/C15H19ClN2OS/c1-3-18(4-2)15-17-14(13(20-15)9-10-19)11-5-7-12(16)8-6-11/h5-8,19H,3-4,9-10H2,1-2H3. The van der Waals surface area contributed by atoms with Crippen molar-refractivity contribution < 1.29 is 5.11 Å². The van der Waals surface area contributed by atoms with Gasteiger partial charge in [-0.05, 0) is 26.0 Å². The average Bonchev–Trinajstić information content (AvgIpc) is 2.85. The van der Waals surface area contributed by atoms with Gasteiger partial charge in [0.1, 0.15) is 0 Å². The van der Waals surface area contributed by atoms with E-state index in [4.69, 9.17) is 16.6 Å². The van der Waals surface area contributed by atoms with Gasteiger partial charge in [-0.3, -0.25) is 0 Å². The first kappa shape index (κ1) is 15.3. The molecule has 108 valence electrons. The van der Waals surface area contributed by atoms with Crippen LogP contribution in [0.1, 0.15) is 18.7 Å². The Morgan fingerprint density at radius 2 is 1.85 bits per heavy atom. The number of aliphatic hydroxyl groups excluding tert-OH is 1.